The second kappa shape index (κ2) is 10.5. The van der Waals surface area contributed by atoms with Gasteiger partial charge in [0.05, 0.1) is 25.5 Å². The number of aliphatic imine (C=N–C) groups is 1. The fraction of sp³-hybridized carbons (Fsp3) is 0.524. The molecule has 2 N–H and O–H groups in total. The third-order valence-electron chi connectivity index (χ3n) is 4.78. The summed E-state index contributed by atoms with van der Waals surface area (Å²) in [5.41, 5.74) is 3.74. The molecule has 0 radical (unpaired) electrons. The van der Waals surface area contributed by atoms with Gasteiger partial charge in [0, 0.05) is 38.6 Å². The number of hydrogen-bond acceptors (Lipinski definition) is 5. The van der Waals surface area contributed by atoms with Crippen LogP contribution < -0.4 is 10.6 Å². The monoisotopic (exact) mass is 401 g/mol. The Bertz CT molecular complexity index is 750. The Hall–Kier alpha value is -1.96. The Labute approximate surface area is 172 Å². The van der Waals surface area contributed by atoms with Crippen LogP contribution in [0.25, 0.3) is 0 Å². The molecule has 1 aliphatic heterocycles. The number of morpholine rings is 1. The molecule has 152 valence electrons. The molecule has 0 atom stereocenters. The van der Waals surface area contributed by atoms with Crippen molar-refractivity contribution in [3.05, 3.63) is 51.5 Å². The molecule has 1 aromatic carbocycles. The van der Waals surface area contributed by atoms with Crippen molar-refractivity contribution in [2.75, 3.05) is 33.4 Å². The van der Waals surface area contributed by atoms with Gasteiger partial charge in [-0.05, 0) is 17.0 Å². The van der Waals surface area contributed by atoms with Gasteiger partial charge in [-0.3, -0.25) is 9.89 Å². The number of benzene rings is 1. The highest BCUT2D eigenvalue weighted by Gasteiger charge is 2.10. The molecule has 3 rings (SSSR count). The summed E-state index contributed by atoms with van der Waals surface area (Å²) < 4.78 is 5.41. The Morgan fingerprint density at radius 1 is 1.14 bits per heavy atom. The summed E-state index contributed by atoms with van der Waals surface area (Å²) in [6, 6.07) is 8.80. The summed E-state index contributed by atoms with van der Waals surface area (Å²) in [5, 5.41) is 9.94. The Morgan fingerprint density at radius 2 is 1.82 bits per heavy atom. The average Bonchev–Trinajstić information content (AvgIpc) is 3.19. The molecule has 7 heteroatoms. The molecule has 0 unspecified atom stereocenters. The number of rotatable bonds is 7. The lowest BCUT2D eigenvalue weighted by atomic mass is 10.1. The van der Waals surface area contributed by atoms with E-state index >= 15 is 0 Å². The topological polar surface area (TPSA) is 61.8 Å². The van der Waals surface area contributed by atoms with Gasteiger partial charge in [0.25, 0.3) is 0 Å². The first-order chi connectivity index (χ1) is 13.6. The highest BCUT2D eigenvalue weighted by atomic mass is 32.1. The minimum atomic E-state index is 0.466. The van der Waals surface area contributed by atoms with E-state index in [1.165, 1.54) is 11.1 Å². The van der Waals surface area contributed by atoms with Crippen LogP contribution in [-0.2, 0) is 24.4 Å². The molecule has 6 nitrogen and oxygen atoms in total. The molecule has 0 bridgehead atoms. The maximum Gasteiger partial charge on any atom is 0.191 e. The predicted octanol–water partition coefficient (Wildman–Crippen LogP) is 2.96. The minimum Gasteiger partial charge on any atom is -0.379 e. The second-order valence-electron chi connectivity index (χ2n) is 7.31. The average molecular weight is 402 g/mol. The number of ether oxygens (including phenoxy) is 1. The van der Waals surface area contributed by atoms with Crippen LogP contribution in [0.4, 0.5) is 0 Å². The van der Waals surface area contributed by atoms with Crippen LogP contribution in [0.1, 0.15) is 41.6 Å². The quantitative estimate of drug-likeness (QED) is 0.552. The van der Waals surface area contributed by atoms with Gasteiger partial charge in [0.1, 0.15) is 5.01 Å². The third kappa shape index (κ3) is 6.29. The molecule has 0 saturated carbocycles. The third-order valence-corrected chi connectivity index (χ3v) is 5.65. The lowest BCUT2D eigenvalue weighted by Crippen LogP contribution is -2.36. The van der Waals surface area contributed by atoms with E-state index in [-0.39, 0.29) is 0 Å². The molecule has 1 aromatic heterocycles. The Morgan fingerprint density at radius 3 is 2.46 bits per heavy atom. The van der Waals surface area contributed by atoms with Crippen molar-refractivity contribution in [1.29, 1.82) is 0 Å². The van der Waals surface area contributed by atoms with Crippen molar-refractivity contribution < 1.29 is 4.74 Å². The van der Waals surface area contributed by atoms with Crippen LogP contribution >= 0.6 is 11.3 Å². The van der Waals surface area contributed by atoms with Crippen molar-refractivity contribution in [3.8, 4) is 0 Å². The number of guanidine groups is 1. The van der Waals surface area contributed by atoms with Gasteiger partial charge in [0.2, 0.25) is 0 Å². The molecule has 1 aliphatic rings. The SMILES string of the molecule is CN=C(NCc1ccc(CN2CCOCC2)cc1)NCc1nc(C(C)C)cs1. The lowest BCUT2D eigenvalue weighted by Gasteiger charge is -2.26. The van der Waals surface area contributed by atoms with E-state index in [2.05, 4.69) is 69.0 Å². The van der Waals surface area contributed by atoms with E-state index < -0.39 is 0 Å². The van der Waals surface area contributed by atoms with Crippen LogP contribution in [0.2, 0.25) is 0 Å². The summed E-state index contributed by atoms with van der Waals surface area (Å²) in [4.78, 5) is 11.4. The first kappa shape index (κ1) is 20.8. The molecule has 1 saturated heterocycles. The minimum absolute atomic E-state index is 0.466. The zero-order valence-corrected chi connectivity index (χ0v) is 17.9. The number of nitrogens with one attached hydrogen (secondary N) is 2. The molecule has 0 aliphatic carbocycles. The number of nitrogens with zero attached hydrogens (tertiary/aromatic N) is 3. The summed E-state index contributed by atoms with van der Waals surface area (Å²) in [7, 11) is 1.79. The summed E-state index contributed by atoms with van der Waals surface area (Å²) in [5.74, 6) is 1.26. The maximum atomic E-state index is 5.41. The van der Waals surface area contributed by atoms with E-state index in [4.69, 9.17) is 4.74 Å². The smallest absolute Gasteiger partial charge is 0.191 e. The number of thiazole rings is 1. The first-order valence-corrected chi connectivity index (χ1v) is 10.8. The van der Waals surface area contributed by atoms with Crippen molar-refractivity contribution in [2.24, 2.45) is 4.99 Å². The molecule has 0 spiro atoms. The van der Waals surface area contributed by atoms with Crippen LogP contribution in [0.3, 0.4) is 0 Å². The maximum absolute atomic E-state index is 5.41. The van der Waals surface area contributed by atoms with Gasteiger partial charge in [-0.25, -0.2) is 4.98 Å². The van der Waals surface area contributed by atoms with Crippen molar-refractivity contribution in [1.82, 2.24) is 20.5 Å². The van der Waals surface area contributed by atoms with E-state index in [0.717, 1.165) is 56.1 Å². The fourth-order valence-electron chi connectivity index (χ4n) is 3.02. The van der Waals surface area contributed by atoms with E-state index in [1.807, 2.05) is 0 Å². The van der Waals surface area contributed by atoms with Gasteiger partial charge in [-0.15, -0.1) is 11.3 Å². The van der Waals surface area contributed by atoms with Gasteiger partial charge in [0.15, 0.2) is 5.96 Å². The van der Waals surface area contributed by atoms with Crippen molar-refractivity contribution in [3.63, 3.8) is 0 Å². The van der Waals surface area contributed by atoms with Crippen LogP contribution in [0.15, 0.2) is 34.6 Å². The van der Waals surface area contributed by atoms with E-state index in [9.17, 15) is 0 Å². The Balaban J connectivity index is 1.43. The van der Waals surface area contributed by atoms with Gasteiger partial charge < -0.3 is 15.4 Å². The summed E-state index contributed by atoms with van der Waals surface area (Å²) in [6.45, 7) is 10.5. The van der Waals surface area contributed by atoms with Crippen molar-refractivity contribution >= 4 is 17.3 Å². The lowest BCUT2D eigenvalue weighted by molar-refractivity contribution is 0.0342. The van der Waals surface area contributed by atoms with Crippen LogP contribution in [0, 0.1) is 0 Å². The van der Waals surface area contributed by atoms with Gasteiger partial charge >= 0.3 is 0 Å². The first-order valence-electron chi connectivity index (χ1n) is 9.91. The molecular formula is C21H31N5OS. The zero-order valence-electron chi connectivity index (χ0n) is 17.1. The van der Waals surface area contributed by atoms with Crippen molar-refractivity contribution in [2.45, 2.75) is 39.4 Å². The molecule has 2 heterocycles. The molecule has 2 aromatic rings. The highest BCUT2D eigenvalue weighted by Crippen LogP contribution is 2.17. The molecule has 0 amide bonds. The zero-order chi connectivity index (χ0) is 19.8. The molecule has 1 fully saturated rings. The summed E-state index contributed by atoms with van der Waals surface area (Å²) in [6.07, 6.45) is 0. The fourth-order valence-corrected chi connectivity index (χ4v) is 3.91. The van der Waals surface area contributed by atoms with Crippen LogP contribution in [0.5, 0.6) is 0 Å². The predicted molar refractivity (Wildman–Crippen MR) is 116 cm³/mol. The van der Waals surface area contributed by atoms with E-state index in [0.29, 0.717) is 12.5 Å². The number of aromatic nitrogens is 1. The molecule has 28 heavy (non-hydrogen) atoms. The standard InChI is InChI=1S/C21H31N5OS/c1-16(2)19-15-28-20(25-19)13-24-21(22-3)23-12-17-4-6-18(7-5-17)14-26-8-10-27-11-9-26/h4-7,15-16H,8-14H2,1-3H3,(H2,22,23,24). The highest BCUT2D eigenvalue weighted by molar-refractivity contribution is 7.09. The van der Waals surface area contributed by atoms with Gasteiger partial charge in [-0.1, -0.05) is 38.1 Å². The normalized spacial score (nSPS) is 15.8. The number of hydrogen-bond donors (Lipinski definition) is 2. The van der Waals surface area contributed by atoms with Gasteiger partial charge in [-0.2, -0.15) is 0 Å². The summed E-state index contributed by atoms with van der Waals surface area (Å²) >= 11 is 1.69. The van der Waals surface area contributed by atoms with Crippen LogP contribution in [-0.4, -0.2) is 49.2 Å². The second-order valence-corrected chi connectivity index (χ2v) is 8.25. The Kier molecular flexibility index (Phi) is 7.82. The molecular weight excluding hydrogens is 370 g/mol. The largest absolute Gasteiger partial charge is 0.379 e. The van der Waals surface area contributed by atoms with E-state index in [1.54, 1.807) is 18.4 Å².